The topological polar surface area (TPSA) is 32.3 Å². The smallest absolute Gasteiger partial charge is 0.253 e. The van der Waals surface area contributed by atoms with Crippen LogP contribution in [0.5, 0.6) is 0 Å². The van der Waals surface area contributed by atoms with Gasteiger partial charge in [-0.15, -0.1) is 0 Å². The first-order chi connectivity index (χ1) is 8.33. The lowest BCUT2D eigenvalue weighted by Gasteiger charge is -2.41. The van der Waals surface area contributed by atoms with E-state index in [9.17, 15) is 4.79 Å². The van der Waals surface area contributed by atoms with Gasteiger partial charge in [-0.3, -0.25) is 4.79 Å². The van der Waals surface area contributed by atoms with Crippen LogP contribution in [0, 0.1) is 11.8 Å². The molecule has 2 unspecified atom stereocenters. The molecule has 2 heterocycles. The third-order valence-electron chi connectivity index (χ3n) is 3.80. The summed E-state index contributed by atoms with van der Waals surface area (Å²) < 4.78 is 0. The van der Waals surface area contributed by atoms with Crippen LogP contribution < -0.4 is 5.32 Å². The lowest BCUT2D eigenvalue weighted by atomic mass is 9.85. The van der Waals surface area contributed by atoms with Gasteiger partial charge in [-0.1, -0.05) is 18.2 Å². The molecule has 2 aliphatic heterocycles. The number of hydrogen-bond acceptors (Lipinski definition) is 2. The minimum Gasteiger partial charge on any atom is -0.338 e. The Bertz CT molecular complexity index is 392. The van der Waals surface area contributed by atoms with E-state index in [0.717, 1.165) is 31.7 Å². The van der Waals surface area contributed by atoms with Gasteiger partial charge < -0.3 is 10.2 Å². The van der Waals surface area contributed by atoms with Crippen LogP contribution >= 0.6 is 0 Å². The van der Waals surface area contributed by atoms with E-state index in [2.05, 4.69) is 5.32 Å². The minimum absolute atomic E-state index is 0.196. The van der Waals surface area contributed by atoms with Gasteiger partial charge in [0.1, 0.15) is 0 Å². The summed E-state index contributed by atoms with van der Waals surface area (Å²) in [6.07, 6.45) is 1.28. The number of likely N-dealkylation sites (tertiary alicyclic amines) is 1. The third kappa shape index (κ3) is 2.20. The molecule has 17 heavy (non-hydrogen) atoms. The molecule has 3 rings (SSSR count). The fraction of sp³-hybridized carbons (Fsp3) is 0.500. The zero-order chi connectivity index (χ0) is 11.7. The molecule has 2 aliphatic rings. The average Bonchev–Trinajstić information content (AvgIpc) is 2.38. The van der Waals surface area contributed by atoms with Crippen molar-refractivity contribution >= 4 is 5.91 Å². The second kappa shape index (κ2) is 4.49. The Morgan fingerprint density at radius 1 is 1.12 bits per heavy atom. The first-order valence-corrected chi connectivity index (χ1v) is 6.38. The van der Waals surface area contributed by atoms with Crippen LogP contribution in [-0.4, -0.2) is 37.0 Å². The van der Waals surface area contributed by atoms with Crippen molar-refractivity contribution in [2.45, 2.75) is 6.42 Å². The highest BCUT2D eigenvalue weighted by Gasteiger charge is 2.32. The molecule has 0 aliphatic carbocycles. The average molecular weight is 230 g/mol. The predicted molar refractivity (Wildman–Crippen MR) is 66.8 cm³/mol. The summed E-state index contributed by atoms with van der Waals surface area (Å²) in [7, 11) is 0. The normalized spacial score (nSPS) is 27.9. The maximum absolute atomic E-state index is 12.3. The summed E-state index contributed by atoms with van der Waals surface area (Å²) >= 11 is 0. The zero-order valence-electron chi connectivity index (χ0n) is 9.93. The van der Waals surface area contributed by atoms with Gasteiger partial charge in [0.2, 0.25) is 0 Å². The van der Waals surface area contributed by atoms with Crippen molar-refractivity contribution in [2.75, 3.05) is 26.2 Å². The van der Waals surface area contributed by atoms with Crippen molar-refractivity contribution in [2.24, 2.45) is 11.8 Å². The van der Waals surface area contributed by atoms with Crippen LogP contribution in [0.15, 0.2) is 30.3 Å². The highest BCUT2D eigenvalue weighted by molar-refractivity contribution is 5.94. The van der Waals surface area contributed by atoms with Crippen LogP contribution in [0.3, 0.4) is 0 Å². The molecule has 2 bridgehead atoms. The summed E-state index contributed by atoms with van der Waals surface area (Å²) in [6.45, 7) is 3.96. The molecule has 2 atom stereocenters. The lowest BCUT2D eigenvalue weighted by molar-refractivity contribution is 0.0538. The van der Waals surface area contributed by atoms with Gasteiger partial charge >= 0.3 is 0 Å². The van der Waals surface area contributed by atoms with E-state index < -0.39 is 0 Å². The summed E-state index contributed by atoms with van der Waals surface area (Å²) in [5, 5.41) is 3.45. The molecule has 1 aromatic rings. The van der Waals surface area contributed by atoms with Crippen molar-refractivity contribution in [1.29, 1.82) is 0 Å². The van der Waals surface area contributed by atoms with E-state index >= 15 is 0 Å². The molecule has 1 N–H and O–H groups in total. The van der Waals surface area contributed by atoms with E-state index in [1.54, 1.807) is 0 Å². The van der Waals surface area contributed by atoms with Crippen LogP contribution in [0.2, 0.25) is 0 Å². The fourth-order valence-electron chi connectivity index (χ4n) is 3.03. The Morgan fingerprint density at radius 2 is 1.76 bits per heavy atom. The van der Waals surface area contributed by atoms with Crippen molar-refractivity contribution in [3.63, 3.8) is 0 Å². The molecule has 3 heteroatoms. The van der Waals surface area contributed by atoms with E-state index in [4.69, 9.17) is 0 Å². The van der Waals surface area contributed by atoms with Gasteiger partial charge in [0.15, 0.2) is 0 Å². The number of nitrogens with one attached hydrogen (secondary N) is 1. The van der Waals surface area contributed by atoms with E-state index in [0.29, 0.717) is 11.8 Å². The molecule has 1 aromatic carbocycles. The van der Waals surface area contributed by atoms with Crippen molar-refractivity contribution in [1.82, 2.24) is 10.2 Å². The van der Waals surface area contributed by atoms with Gasteiger partial charge in [0.05, 0.1) is 0 Å². The summed E-state index contributed by atoms with van der Waals surface area (Å²) in [6, 6.07) is 9.63. The number of fused-ring (bicyclic) bond motifs is 2. The fourth-order valence-corrected chi connectivity index (χ4v) is 3.03. The molecule has 0 spiro atoms. The lowest BCUT2D eigenvalue weighted by Crippen LogP contribution is -2.52. The number of nitrogens with zero attached hydrogens (tertiary/aromatic N) is 1. The number of rotatable bonds is 1. The first-order valence-electron chi connectivity index (χ1n) is 6.38. The largest absolute Gasteiger partial charge is 0.338 e. The molecule has 90 valence electrons. The van der Waals surface area contributed by atoms with E-state index in [-0.39, 0.29) is 5.91 Å². The number of carbonyl (C=O) groups excluding carboxylic acids is 1. The van der Waals surface area contributed by atoms with Gasteiger partial charge in [-0.05, 0) is 43.5 Å². The Balaban J connectivity index is 1.74. The predicted octanol–water partition coefficient (Wildman–Crippen LogP) is 1.37. The number of piperidine rings is 2. The number of carbonyl (C=O) groups is 1. The summed E-state index contributed by atoms with van der Waals surface area (Å²) in [4.78, 5) is 14.4. The van der Waals surface area contributed by atoms with Crippen molar-refractivity contribution in [3.05, 3.63) is 35.9 Å². The Hall–Kier alpha value is -1.35. The highest BCUT2D eigenvalue weighted by Crippen LogP contribution is 2.25. The molecule has 0 saturated carbocycles. The quantitative estimate of drug-likeness (QED) is 0.790. The standard InChI is InChI=1S/C14H18N2O/c17-14(13-4-2-1-3-5-13)16-9-11-6-12(10-16)8-15-7-11/h1-5,11-12,15H,6-10H2. The zero-order valence-corrected chi connectivity index (χ0v) is 9.93. The number of hydrogen-bond donors (Lipinski definition) is 1. The van der Waals surface area contributed by atoms with E-state index in [1.165, 1.54) is 6.42 Å². The molecule has 0 radical (unpaired) electrons. The van der Waals surface area contributed by atoms with Crippen LogP contribution in [0.25, 0.3) is 0 Å². The van der Waals surface area contributed by atoms with Crippen molar-refractivity contribution < 1.29 is 4.79 Å². The summed E-state index contributed by atoms with van der Waals surface area (Å²) in [5.41, 5.74) is 0.820. The van der Waals surface area contributed by atoms with Crippen LogP contribution in [-0.2, 0) is 0 Å². The minimum atomic E-state index is 0.196. The second-order valence-electron chi connectivity index (χ2n) is 5.20. The van der Waals surface area contributed by atoms with Crippen LogP contribution in [0.1, 0.15) is 16.8 Å². The molecule has 2 saturated heterocycles. The monoisotopic (exact) mass is 230 g/mol. The van der Waals surface area contributed by atoms with Crippen molar-refractivity contribution in [3.8, 4) is 0 Å². The Labute approximate surface area is 102 Å². The van der Waals surface area contributed by atoms with Gasteiger partial charge in [-0.25, -0.2) is 0 Å². The first kappa shape index (κ1) is 10.8. The van der Waals surface area contributed by atoms with Crippen LogP contribution in [0.4, 0.5) is 0 Å². The highest BCUT2D eigenvalue weighted by atomic mass is 16.2. The molecular formula is C14H18N2O. The SMILES string of the molecule is O=C(c1ccccc1)N1CC2CNCC(C2)C1. The molecule has 1 amide bonds. The number of benzene rings is 1. The maximum atomic E-state index is 12.3. The third-order valence-corrected chi connectivity index (χ3v) is 3.80. The molecule has 3 nitrogen and oxygen atoms in total. The Morgan fingerprint density at radius 3 is 2.41 bits per heavy atom. The van der Waals surface area contributed by atoms with Gasteiger partial charge in [0.25, 0.3) is 5.91 Å². The van der Waals surface area contributed by atoms with E-state index in [1.807, 2.05) is 35.2 Å². The molecule has 0 aromatic heterocycles. The Kier molecular flexibility index (Phi) is 2.85. The van der Waals surface area contributed by atoms with Gasteiger partial charge in [-0.2, -0.15) is 0 Å². The summed E-state index contributed by atoms with van der Waals surface area (Å²) in [5.74, 6) is 1.49. The molecule has 2 fully saturated rings. The second-order valence-corrected chi connectivity index (χ2v) is 5.20. The van der Waals surface area contributed by atoms with Gasteiger partial charge in [0, 0.05) is 18.7 Å². The maximum Gasteiger partial charge on any atom is 0.253 e. The molecular weight excluding hydrogens is 212 g/mol. The number of amides is 1.